The standard InChI is InChI=1S/C18H22N2O5S/c1-11-4-15(20(22)23)2-3-16(11)26(24,25)19-17(21)18-8-12-5-13(9-18)7-14(6-12)10-18/h2-4,12-14H,5-10H2,1H3,(H,19,21). The van der Waals surface area contributed by atoms with Crippen LogP contribution in [0.4, 0.5) is 5.69 Å². The first-order valence-corrected chi connectivity index (χ1v) is 10.5. The summed E-state index contributed by atoms with van der Waals surface area (Å²) in [5.74, 6) is 1.22. The van der Waals surface area contributed by atoms with Crippen LogP contribution in [-0.2, 0) is 14.8 Å². The highest BCUT2D eigenvalue weighted by Crippen LogP contribution is 2.60. The minimum atomic E-state index is -4.05. The SMILES string of the molecule is Cc1cc([N+](=O)[O-])ccc1S(=O)(=O)NC(=O)C12CC3CC(CC(C3)C1)C2. The average Bonchev–Trinajstić information content (AvgIpc) is 2.52. The van der Waals surface area contributed by atoms with E-state index in [4.69, 9.17) is 0 Å². The van der Waals surface area contributed by atoms with E-state index in [-0.39, 0.29) is 16.1 Å². The number of nitrogens with zero attached hydrogens (tertiary/aromatic N) is 1. The Morgan fingerprint density at radius 2 is 1.69 bits per heavy atom. The molecule has 4 aliphatic rings. The van der Waals surface area contributed by atoms with Gasteiger partial charge in [-0.25, -0.2) is 13.1 Å². The molecule has 0 saturated heterocycles. The van der Waals surface area contributed by atoms with Gasteiger partial charge in [0.15, 0.2) is 0 Å². The topological polar surface area (TPSA) is 106 Å². The van der Waals surface area contributed by atoms with Crippen molar-refractivity contribution in [3.05, 3.63) is 33.9 Å². The predicted octanol–water partition coefficient (Wildman–Crippen LogP) is 2.92. The summed E-state index contributed by atoms with van der Waals surface area (Å²) in [7, 11) is -4.05. The van der Waals surface area contributed by atoms with Gasteiger partial charge < -0.3 is 0 Å². The number of nitro benzene ring substituents is 1. The monoisotopic (exact) mass is 378 g/mol. The van der Waals surface area contributed by atoms with Gasteiger partial charge in [-0.3, -0.25) is 14.9 Å². The van der Waals surface area contributed by atoms with Crippen LogP contribution in [-0.4, -0.2) is 19.2 Å². The van der Waals surface area contributed by atoms with Gasteiger partial charge in [-0.2, -0.15) is 0 Å². The van der Waals surface area contributed by atoms with Crippen molar-refractivity contribution in [3.8, 4) is 0 Å². The molecule has 7 nitrogen and oxygen atoms in total. The van der Waals surface area contributed by atoms with Crippen LogP contribution >= 0.6 is 0 Å². The molecule has 1 amide bonds. The van der Waals surface area contributed by atoms with E-state index in [9.17, 15) is 23.3 Å². The molecule has 4 bridgehead atoms. The largest absolute Gasteiger partial charge is 0.273 e. The lowest BCUT2D eigenvalue weighted by Gasteiger charge is -2.55. The second-order valence-corrected chi connectivity index (χ2v) is 9.99. The molecule has 0 radical (unpaired) electrons. The Kier molecular flexibility index (Phi) is 3.87. The fraction of sp³-hybridized carbons (Fsp3) is 0.611. The van der Waals surface area contributed by atoms with Gasteiger partial charge in [0, 0.05) is 12.1 Å². The van der Waals surface area contributed by atoms with Crippen LogP contribution in [0.25, 0.3) is 0 Å². The summed E-state index contributed by atoms with van der Waals surface area (Å²) in [6, 6.07) is 3.56. The number of hydrogen-bond acceptors (Lipinski definition) is 5. The Morgan fingerprint density at radius 1 is 1.15 bits per heavy atom. The molecule has 1 N–H and O–H groups in total. The van der Waals surface area contributed by atoms with Gasteiger partial charge in [0.1, 0.15) is 0 Å². The van der Waals surface area contributed by atoms with E-state index < -0.39 is 26.3 Å². The number of non-ortho nitro benzene ring substituents is 1. The van der Waals surface area contributed by atoms with E-state index in [2.05, 4.69) is 4.72 Å². The van der Waals surface area contributed by atoms with Gasteiger partial charge in [-0.1, -0.05) is 0 Å². The summed E-state index contributed by atoms with van der Waals surface area (Å²) in [5, 5.41) is 10.8. The normalized spacial score (nSPS) is 32.4. The molecule has 0 spiro atoms. The lowest BCUT2D eigenvalue weighted by Crippen LogP contribution is -2.54. The molecule has 4 fully saturated rings. The number of nitro groups is 1. The number of hydrogen-bond donors (Lipinski definition) is 1. The van der Waals surface area contributed by atoms with Crippen LogP contribution in [0.15, 0.2) is 23.1 Å². The molecular weight excluding hydrogens is 356 g/mol. The summed E-state index contributed by atoms with van der Waals surface area (Å²) < 4.78 is 27.8. The minimum Gasteiger partial charge on any atom is -0.273 e. The van der Waals surface area contributed by atoms with Gasteiger partial charge in [-0.15, -0.1) is 0 Å². The van der Waals surface area contributed by atoms with E-state index in [0.29, 0.717) is 17.8 Å². The van der Waals surface area contributed by atoms with Gasteiger partial charge in [0.2, 0.25) is 5.91 Å². The molecule has 0 aliphatic heterocycles. The number of sulfonamides is 1. The Balaban J connectivity index is 1.58. The van der Waals surface area contributed by atoms with Crippen molar-refractivity contribution in [1.29, 1.82) is 0 Å². The van der Waals surface area contributed by atoms with Crippen LogP contribution in [0.5, 0.6) is 0 Å². The van der Waals surface area contributed by atoms with Gasteiger partial charge >= 0.3 is 0 Å². The number of carbonyl (C=O) groups is 1. The number of aryl methyl sites for hydroxylation is 1. The third kappa shape index (κ3) is 2.80. The molecule has 0 atom stereocenters. The van der Waals surface area contributed by atoms with E-state index in [1.807, 2.05) is 0 Å². The Bertz CT molecular complexity index is 858. The summed E-state index contributed by atoms with van der Waals surface area (Å²) in [6.45, 7) is 1.50. The fourth-order valence-electron chi connectivity index (χ4n) is 5.72. The van der Waals surface area contributed by atoms with Crippen molar-refractivity contribution >= 4 is 21.6 Å². The highest BCUT2D eigenvalue weighted by Gasteiger charge is 2.55. The third-order valence-electron chi connectivity index (χ3n) is 6.41. The van der Waals surface area contributed by atoms with E-state index in [1.165, 1.54) is 38.3 Å². The molecule has 4 saturated carbocycles. The zero-order valence-electron chi connectivity index (χ0n) is 14.6. The number of benzene rings is 1. The Labute approximate surface area is 152 Å². The van der Waals surface area contributed by atoms with Crippen molar-refractivity contribution in [2.24, 2.45) is 23.2 Å². The second kappa shape index (κ2) is 5.77. The molecule has 8 heteroatoms. The van der Waals surface area contributed by atoms with E-state index >= 15 is 0 Å². The summed E-state index contributed by atoms with van der Waals surface area (Å²) in [5.41, 5.74) is -0.477. The Morgan fingerprint density at radius 3 is 2.15 bits per heavy atom. The number of nitrogens with one attached hydrogen (secondary N) is 1. The summed E-state index contributed by atoms with van der Waals surface area (Å²) in [6.07, 6.45) is 5.83. The second-order valence-electron chi connectivity index (χ2n) is 8.34. The smallest absolute Gasteiger partial charge is 0.269 e. The molecular formula is C18H22N2O5S. The lowest BCUT2D eigenvalue weighted by atomic mass is 9.49. The average molecular weight is 378 g/mol. The zero-order chi connectivity index (χ0) is 18.7. The van der Waals surface area contributed by atoms with E-state index in [0.717, 1.165) is 25.3 Å². The molecule has 1 aromatic rings. The van der Waals surface area contributed by atoms with Crippen LogP contribution in [0, 0.1) is 40.2 Å². The van der Waals surface area contributed by atoms with Crippen LogP contribution < -0.4 is 4.72 Å². The van der Waals surface area contributed by atoms with Crippen molar-refractivity contribution in [2.45, 2.75) is 50.3 Å². The first kappa shape index (κ1) is 17.5. The first-order valence-electron chi connectivity index (χ1n) is 9.01. The Hall–Kier alpha value is -1.96. The molecule has 0 unspecified atom stereocenters. The number of carbonyl (C=O) groups excluding carboxylic acids is 1. The fourth-order valence-corrected chi connectivity index (χ4v) is 7.02. The molecule has 140 valence electrons. The molecule has 26 heavy (non-hydrogen) atoms. The van der Waals surface area contributed by atoms with Crippen molar-refractivity contribution < 1.29 is 18.1 Å². The maximum absolute atomic E-state index is 13.0. The third-order valence-corrected chi connectivity index (χ3v) is 7.90. The summed E-state index contributed by atoms with van der Waals surface area (Å²) in [4.78, 5) is 23.2. The van der Waals surface area contributed by atoms with Crippen molar-refractivity contribution in [2.75, 3.05) is 0 Å². The first-order chi connectivity index (χ1) is 12.2. The maximum Gasteiger partial charge on any atom is 0.269 e. The number of amides is 1. The lowest BCUT2D eigenvalue weighted by molar-refractivity contribution is -0.385. The predicted molar refractivity (Wildman–Crippen MR) is 93.8 cm³/mol. The highest BCUT2D eigenvalue weighted by molar-refractivity contribution is 7.90. The molecule has 0 heterocycles. The van der Waals surface area contributed by atoms with Crippen LogP contribution in [0.1, 0.15) is 44.1 Å². The zero-order valence-corrected chi connectivity index (χ0v) is 15.4. The van der Waals surface area contributed by atoms with Gasteiger partial charge in [-0.05, 0) is 74.8 Å². The molecule has 4 aliphatic carbocycles. The van der Waals surface area contributed by atoms with E-state index in [1.54, 1.807) is 0 Å². The van der Waals surface area contributed by atoms with Gasteiger partial charge in [0.05, 0.1) is 15.2 Å². The number of rotatable bonds is 4. The molecule has 1 aromatic carbocycles. The van der Waals surface area contributed by atoms with Crippen LogP contribution in [0.3, 0.4) is 0 Å². The summed E-state index contributed by atoms with van der Waals surface area (Å²) >= 11 is 0. The minimum absolute atomic E-state index is 0.0822. The van der Waals surface area contributed by atoms with Crippen LogP contribution in [0.2, 0.25) is 0 Å². The molecule has 0 aromatic heterocycles. The highest BCUT2D eigenvalue weighted by atomic mass is 32.2. The van der Waals surface area contributed by atoms with Crippen molar-refractivity contribution in [1.82, 2.24) is 4.72 Å². The maximum atomic E-state index is 13.0. The quantitative estimate of drug-likeness (QED) is 0.640. The van der Waals surface area contributed by atoms with Gasteiger partial charge in [0.25, 0.3) is 15.7 Å². The van der Waals surface area contributed by atoms with Crippen molar-refractivity contribution in [3.63, 3.8) is 0 Å². The molecule has 5 rings (SSSR count).